The third-order valence-electron chi connectivity index (χ3n) is 3.79. The van der Waals surface area contributed by atoms with Gasteiger partial charge in [0.05, 0.1) is 0 Å². The Morgan fingerprint density at radius 1 is 1.35 bits per heavy atom. The van der Waals surface area contributed by atoms with Gasteiger partial charge in [-0.3, -0.25) is 0 Å². The summed E-state index contributed by atoms with van der Waals surface area (Å²) in [5.74, 6) is 0.0861. The van der Waals surface area contributed by atoms with Crippen LogP contribution in [0.2, 0.25) is 0 Å². The van der Waals surface area contributed by atoms with Gasteiger partial charge >= 0.3 is 6.03 Å². The van der Waals surface area contributed by atoms with Gasteiger partial charge in [0.1, 0.15) is 5.82 Å². The molecule has 1 aromatic rings. The molecule has 20 heavy (non-hydrogen) atoms. The number of urea groups is 1. The molecule has 0 aromatic heterocycles. The van der Waals surface area contributed by atoms with Crippen LogP contribution in [-0.4, -0.2) is 42.3 Å². The number of likely N-dealkylation sites (tertiary alicyclic amines) is 1. The van der Waals surface area contributed by atoms with Crippen molar-refractivity contribution >= 4 is 6.03 Å². The lowest BCUT2D eigenvalue weighted by Crippen LogP contribution is -2.45. The van der Waals surface area contributed by atoms with E-state index in [1.54, 1.807) is 23.1 Å². The van der Waals surface area contributed by atoms with Gasteiger partial charge in [0, 0.05) is 26.2 Å². The van der Waals surface area contributed by atoms with Gasteiger partial charge in [-0.2, -0.15) is 0 Å². The molecule has 0 saturated carbocycles. The molecule has 0 bridgehead atoms. The Kier molecular flexibility index (Phi) is 5.35. The molecule has 0 aliphatic carbocycles. The van der Waals surface area contributed by atoms with E-state index in [9.17, 15) is 9.18 Å². The van der Waals surface area contributed by atoms with E-state index in [4.69, 9.17) is 5.11 Å². The van der Waals surface area contributed by atoms with E-state index in [1.807, 2.05) is 0 Å². The first kappa shape index (κ1) is 14.8. The summed E-state index contributed by atoms with van der Waals surface area (Å²) in [6.07, 6.45) is 2.18. The fourth-order valence-corrected chi connectivity index (χ4v) is 2.44. The van der Waals surface area contributed by atoms with Crippen LogP contribution < -0.4 is 5.32 Å². The van der Waals surface area contributed by atoms with Crippen molar-refractivity contribution in [2.24, 2.45) is 5.92 Å². The van der Waals surface area contributed by atoms with Crippen LogP contribution in [0.4, 0.5) is 9.18 Å². The maximum atomic E-state index is 13.4. The fourth-order valence-electron chi connectivity index (χ4n) is 2.44. The van der Waals surface area contributed by atoms with Crippen LogP contribution in [0.25, 0.3) is 0 Å². The molecule has 1 saturated heterocycles. The molecule has 5 heteroatoms. The van der Waals surface area contributed by atoms with Gasteiger partial charge in [-0.25, -0.2) is 9.18 Å². The second-order valence-corrected chi connectivity index (χ2v) is 5.19. The summed E-state index contributed by atoms with van der Waals surface area (Å²) >= 11 is 0. The molecule has 2 N–H and O–H groups in total. The SMILES string of the molecule is O=C(NCCc1ccccc1F)N1CCC(CO)CC1. The Balaban J connectivity index is 1.72. The second-order valence-electron chi connectivity index (χ2n) is 5.19. The summed E-state index contributed by atoms with van der Waals surface area (Å²) in [5, 5.41) is 11.9. The minimum atomic E-state index is -0.231. The van der Waals surface area contributed by atoms with E-state index < -0.39 is 0 Å². The Bertz CT molecular complexity index is 445. The van der Waals surface area contributed by atoms with Crippen molar-refractivity contribution in [1.29, 1.82) is 0 Å². The average Bonchev–Trinajstić information content (AvgIpc) is 2.49. The van der Waals surface area contributed by atoms with Gasteiger partial charge in [-0.15, -0.1) is 0 Å². The largest absolute Gasteiger partial charge is 0.396 e. The molecule has 2 rings (SSSR count). The zero-order valence-electron chi connectivity index (χ0n) is 11.5. The third kappa shape index (κ3) is 3.93. The predicted molar refractivity (Wildman–Crippen MR) is 74.9 cm³/mol. The number of benzene rings is 1. The number of nitrogens with one attached hydrogen (secondary N) is 1. The van der Waals surface area contributed by atoms with Crippen molar-refractivity contribution in [3.8, 4) is 0 Å². The van der Waals surface area contributed by atoms with Crippen LogP contribution in [0.1, 0.15) is 18.4 Å². The highest BCUT2D eigenvalue weighted by atomic mass is 19.1. The summed E-state index contributed by atoms with van der Waals surface area (Å²) < 4.78 is 13.4. The van der Waals surface area contributed by atoms with Crippen molar-refractivity contribution in [2.75, 3.05) is 26.2 Å². The van der Waals surface area contributed by atoms with Crippen molar-refractivity contribution in [3.63, 3.8) is 0 Å². The minimum absolute atomic E-state index is 0.0993. The van der Waals surface area contributed by atoms with Crippen LogP contribution >= 0.6 is 0 Å². The standard InChI is InChI=1S/C15H21FN2O2/c16-14-4-2-1-3-13(14)5-8-17-15(20)18-9-6-12(11-19)7-10-18/h1-4,12,19H,5-11H2,(H,17,20). The van der Waals surface area contributed by atoms with Gasteiger partial charge in [0.25, 0.3) is 0 Å². The van der Waals surface area contributed by atoms with E-state index in [-0.39, 0.29) is 18.5 Å². The van der Waals surface area contributed by atoms with Crippen LogP contribution in [0.15, 0.2) is 24.3 Å². The second kappa shape index (κ2) is 7.24. The topological polar surface area (TPSA) is 52.6 Å². The van der Waals surface area contributed by atoms with E-state index in [0.29, 0.717) is 37.5 Å². The number of hydrogen-bond acceptors (Lipinski definition) is 2. The van der Waals surface area contributed by atoms with E-state index in [0.717, 1.165) is 12.8 Å². The fraction of sp³-hybridized carbons (Fsp3) is 0.533. The first-order valence-electron chi connectivity index (χ1n) is 7.07. The van der Waals surface area contributed by atoms with Gasteiger partial charge in [0.2, 0.25) is 0 Å². The summed E-state index contributed by atoms with van der Waals surface area (Å²) in [4.78, 5) is 13.7. The molecule has 1 aliphatic heterocycles. The van der Waals surface area contributed by atoms with Gasteiger partial charge in [0.15, 0.2) is 0 Å². The first-order chi connectivity index (χ1) is 9.70. The third-order valence-corrected chi connectivity index (χ3v) is 3.79. The van der Waals surface area contributed by atoms with Gasteiger partial charge in [-0.05, 0) is 36.8 Å². The number of rotatable bonds is 4. The molecule has 1 aliphatic rings. The first-order valence-corrected chi connectivity index (χ1v) is 7.07. The highest BCUT2D eigenvalue weighted by molar-refractivity contribution is 5.74. The van der Waals surface area contributed by atoms with Gasteiger partial charge < -0.3 is 15.3 Å². The van der Waals surface area contributed by atoms with Crippen molar-refractivity contribution in [2.45, 2.75) is 19.3 Å². The van der Waals surface area contributed by atoms with E-state index >= 15 is 0 Å². The number of aliphatic hydroxyl groups excluding tert-OH is 1. The molecule has 0 unspecified atom stereocenters. The molecule has 4 nitrogen and oxygen atoms in total. The zero-order chi connectivity index (χ0) is 14.4. The quantitative estimate of drug-likeness (QED) is 0.883. The number of carbonyl (C=O) groups is 1. The molecule has 0 atom stereocenters. The van der Waals surface area contributed by atoms with Crippen LogP contribution in [0, 0.1) is 11.7 Å². The molecule has 0 spiro atoms. The number of carbonyl (C=O) groups excluding carboxylic acids is 1. The Hall–Kier alpha value is -1.62. The van der Waals surface area contributed by atoms with Gasteiger partial charge in [-0.1, -0.05) is 18.2 Å². The number of halogens is 1. The lowest BCUT2D eigenvalue weighted by atomic mass is 9.98. The molecule has 1 fully saturated rings. The molecule has 0 radical (unpaired) electrons. The smallest absolute Gasteiger partial charge is 0.317 e. The summed E-state index contributed by atoms with van der Waals surface area (Å²) in [6, 6.07) is 6.51. The molecule has 110 valence electrons. The summed E-state index contributed by atoms with van der Waals surface area (Å²) in [6.45, 7) is 1.98. The number of hydrogen-bond donors (Lipinski definition) is 2. The minimum Gasteiger partial charge on any atom is -0.396 e. The Labute approximate surface area is 118 Å². The predicted octanol–water partition coefficient (Wildman–Crippen LogP) is 1.78. The summed E-state index contributed by atoms with van der Waals surface area (Å²) in [5.41, 5.74) is 0.617. The monoisotopic (exact) mass is 280 g/mol. The van der Waals surface area contributed by atoms with E-state index in [1.165, 1.54) is 6.07 Å². The Morgan fingerprint density at radius 2 is 2.05 bits per heavy atom. The van der Waals surface area contributed by atoms with Crippen LogP contribution in [0.3, 0.4) is 0 Å². The average molecular weight is 280 g/mol. The number of piperidine rings is 1. The summed E-state index contributed by atoms with van der Waals surface area (Å²) in [7, 11) is 0. The van der Waals surface area contributed by atoms with Crippen molar-refractivity contribution in [1.82, 2.24) is 10.2 Å². The number of aliphatic hydroxyl groups is 1. The van der Waals surface area contributed by atoms with Crippen LogP contribution in [0.5, 0.6) is 0 Å². The van der Waals surface area contributed by atoms with Crippen molar-refractivity contribution < 1.29 is 14.3 Å². The normalized spacial score (nSPS) is 16.2. The number of nitrogens with zero attached hydrogens (tertiary/aromatic N) is 1. The number of amides is 2. The van der Waals surface area contributed by atoms with E-state index in [2.05, 4.69) is 5.32 Å². The maximum Gasteiger partial charge on any atom is 0.317 e. The van der Waals surface area contributed by atoms with Crippen LogP contribution in [-0.2, 0) is 6.42 Å². The highest BCUT2D eigenvalue weighted by Crippen LogP contribution is 2.16. The molecular weight excluding hydrogens is 259 g/mol. The lowest BCUT2D eigenvalue weighted by Gasteiger charge is -2.31. The molecular formula is C15H21FN2O2. The lowest BCUT2D eigenvalue weighted by molar-refractivity contribution is 0.137. The maximum absolute atomic E-state index is 13.4. The highest BCUT2D eigenvalue weighted by Gasteiger charge is 2.21. The Morgan fingerprint density at radius 3 is 2.70 bits per heavy atom. The molecule has 1 aromatic carbocycles. The zero-order valence-corrected chi connectivity index (χ0v) is 11.5. The molecule has 2 amide bonds. The molecule has 1 heterocycles. The van der Waals surface area contributed by atoms with Crippen molar-refractivity contribution in [3.05, 3.63) is 35.6 Å².